The normalized spacial score (nSPS) is 47.2. The van der Waals surface area contributed by atoms with Crippen LogP contribution in [-0.2, 0) is 9.59 Å². The third kappa shape index (κ3) is 1.07. The summed E-state index contributed by atoms with van der Waals surface area (Å²) in [6.45, 7) is 3.72. The molecule has 2 rings (SSSR count). The number of amides is 1. The molecule has 0 radical (unpaired) electrons. The van der Waals surface area contributed by atoms with Crippen LogP contribution in [0, 0.1) is 0 Å². The van der Waals surface area contributed by atoms with Crippen LogP contribution in [0.4, 0.5) is 0 Å². The number of hydrogen-bond donors (Lipinski definition) is 2. The van der Waals surface area contributed by atoms with E-state index >= 15 is 0 Å². The lowest BCUT2D eigenvalue weighted by molar-refractivity contribution is -0.885. The number of carboxylic acids is 1. The number of nitrogens with two attached hydrogens (primary N) is 1. The SMILES string of the molecule is CC1(C)SC2C(N)C(=O)[N+]2(C)C1C(=O)O. The van der Waals surface area contributed by atoms with Crippen molar-refractivity contribution in [3.8, 4) is 0 Å². The second-order valence-corrected chi connectivity index (χ2v) is 6.63. The van der Waals surface area contributed by atoms with Gasteiger partial charge in [0, 0.05) is 0 Å². The van der Waals surface area contributed by atoms with Crippen molar-refractivity contribution in [2.45, 2.75) is 36.1 Å². The van der Waals surface area contributed by atoms with Crippen LogP contribution in [0.3, 0.4) is 0 Å². The largest absolute Gasteiger partial charge is 0.477 e. The second-order valence-electron chi connectivity index (χ2n) is 4.86. The minimum atomic E-state index is -0.919. The maximum Gasteiger partial charge on any atom is 0.364 e. The van der Waals surface area contributed by atoms with Crippen LogP contribution in [0.1, 0.15) is 13.8 Å². The Kier molecular flexibility index (Phi) is 2.00. The van der Waals surface area contributed by atoms with E-state index in [1.54, 1.807) is 7.05 Å². The third-order valence-corrected chi connectivity index (χ3v) is 5.25. The van der Waals surface area contributed by atoms with E-state index in [4.69, 9.17) is 5.73 Å². The topological polar surface area (TPSA) is 80.4 Å². The molecule has 2 aliphatic rings. The highest BCUT2D eigenvalue weighted by atomic mass is 32.2. The minimum absolute atomic E-state index is 0.0475. The molecular formula is C9H15N2O3S+. The first-order valence-electron chi connectivity index (χ1n) is 4.79. The number of carbonyl (C=O) groups is 2. The lowest BCUT2D eigenvalue weighted by Gasteiger charge is -2.47. The maximum absolute atomic E-state index is 11.7. The van der Waals surface area contributed by atoms with Crippen molar-refractivity contribution in [2.24, 2.45) is 5.73 Å². The number of fused-ring (bicyclic) bond motifs is 1. The molecule has 0 saturated carbocycles. The van der Waals surface area contributed by atoms with Crippen molar-refractivity contribution < 1.29 is 19.2 Å². The van der Waals surface area contributed by atoms with Crippen molar-refractivity contribution in [1.29, 1.82) is 0 Å². The fourth-order valence-corrected chi connectivity index (χ4v) is 4.60. The quantitative estimate of drug-likeness (QED) is 0.474. The van der Waals surface area contributed by atoms with E-state index in [1.807, 2.05) is 13.8 Å². The Morgan fingerprint density at radius 3 is 2.60 bits per heavy atom. The van der Waals surface area contributed by atoms with Gasteiger partial charge in [-0.25, -0.2) is 14.1 Å². The summed E-state index contributed by atoms with van der Waals surface area (Å²) in [6.07, 6.45) is 0. The minimum Gasteiger partial charge on any atom is -0.477 e. The summed E-state index contributed by atoms with van der Waals surface area (Å²) in [5.74, 6) is -1.08. The zero-order valence-electron chi connectivity index (χ0n) is 8.93. The van der Waals surface area contributed by atoms with Crippen LogP contribution in [0.2, 0.25) is 0 Å². The van der Waals surface area contributed by atoms with E-state index in [1.165, 1.54) is 11.8 Å². The predicted molar refractivity (Wildman–Crippen MR) is 56.0 cm³/mol. The molecular weight excluding hydrogens is 216 g/mol. The molecule has 3 N–H and O–H groups in total. The van der Waals surface area contributed by atoms with Gasteiger partial charge in [-0.05, 0) is 13.8 Å². The third-order valence-electron chi connectivity index (χ3n) is 3.45. The fourth-order valence-electron chi connectivity index (χ4n) is 2.83. The van der Waals surface area contributed by atoms with Gasteiger partial charge in [0.15, 0.2) is 11.4 Å². The highest BCUT2D eigenvalue weighted by molar-refractivity contribution is 8.01. The number of likely N-dealkylation sites (N-methyl/N-ethyl adjacent to an activating group) is 1. The van der Waals surface area contributed by atoms with Crippen molar-refractivity contribution in [2.75, 3.05) is 7.05 Å². The summed E-state index contributed by atoms with van der Waals surface area (Å²) >= 11 is 1.51. The molecule has 0 aromatic carbocycles. The number of β-lactam (4-membered cyclic amide) rings is 1. The molecule has 2 saturated heterocycles. The number of nitrogens with zero attached hydrogens (tertiary/aromatic N) is 1. The molecule has 4 unspecified atom stereocenters. The lowest BCUT2D eigenvalue weighted by atomic mass is 9.92. The molecule has 0 aromatic heterocycles. The van der Waals surface area contributed by atoms with Crippen LogP contribution < -0.4 is 5.73 Å². The number of carbonyl (C=O) groups excluding carboxylic acids is 1. The summed E-state index contributed by atoms with van der Waals surface area (Å²) < 4.78 is -0.497. The summed E-state index contributed by atoms with van der Waals surface area (Å²) in [5, 5.41) is 9.12. The van der Waals surface area contributed by atoms with E-state index in [0.29, 0.717) is 0 Å². The van der Waals surface area contributed by atoms with E-state index in [2.05, 4.69) is 0 Å². The predicted octanol–water partition coefficient (Wildman–Crippen LogP) is -0.395. The lowest BCUT2D eigenvalue weighted by Crippen LogP contribution is -2.79. The number of rotatable bonds is 1. The van der Waals surface area contributed by atoms with Crippen LogP contribution in [0.15, 0.2) is 0 Å². The van der Waals surface area contributed by atoms with Gasteiger partial charge < -0.3 is 10.8 Å². The molecule has 0 spiro atoms. The molecule has 0 aliphatic carbocycles. The molecule has 0 bridgehead atoms. The van der Waals surface area contributed by atoms with Crippen molar-refractivity contribution >= 4 is 23.6 Å². The van der Waals surface area contributed by atoms with Gasteiger partial charge in [0.2, 0.25) is 6.04 Å². The van der Waals surface area contributed by atoms with Gasteiger partial charge in [-0.3, -0.25) is 0 Å². The highest BCUT2D eigenvalue weighted by Gasteiger charge is 2.75. The summed E-state index contributed by atoms with van der Waals surface area (Å²) in [6, 6.07) is -1.21. The molecule has 5 nitrogen and oxygen atoms in total. The smallest absolute Gasteiger partial charge is 0.364 e. The average Bonchev–Trinajstić information content (AvgIpc) is 2.30. The fraction of sp³-hybridized carbons (Fsp3) is 0.778. The Morgan fingerprint density at radius 1 is 1.60 bits per heavy atom. The first-order chi connectivity index (χ1) is 6.73. The second kappa shape index (κ2) is 2.75. The molecule has 15 heavy (non-hydrogen) atoms. The first-order valence-corrected chi connectivity index (χ1v) is 5.67. The van der Waals surface area contributed by atoms with Gasteiger partial charge in [0.1, 0.15) is 0 Å². The zero-order chi connectivity index (χ0) is 11.6. The molecule has 2 aliphatic heterocycles. The van der Waals surface area contributed by atoms with Crippen molar-refractivity contribution in [3.05, 3.63) is 0 Å². The molecule has 6 heteroatoms. The average molecular weight is 231 g/mol. The molecule has 1 amide bonds. The molecule has 0 aromatic rings. The Hall–Kier alpha value is -0.590. The monoisotopic (exact) mass is 231 g/mol. The van der Waals surface area contributed by atoms with Gasteiger partial charge in [0.05, 0.1) is 11.8 Å². The summed E-state index contributed by atoms with van der Waals surface area (Å²) in [7, 11) is 1.68. The number of aliphatic carboxylic acids is 1. The van der Waals surface area contributed by atoms with Gasteiger partial charge in [-0.1, -0.05) is 11.8 Å². The molecule has 2 heterocycles. The van der Waals surface area contributed by atoms with E-state index < -0.39 is 22.8 Å². The van der Waals surface area contributed by atoms with Gasteiger partial charge in [-0.15, -0.1) is 0 Å². The Labute approximate surface area is 92.2 Å². The molecule has 84 valence electrons. The van der Waals surface area contributed by atoms with Crippen LogP contribution in [0.5, 0.6) is 0 Å². The van der Waals surface area contributed by atoms with Gasteiger partial charge in [0.25, 0.3) is 0 Å². The van der Waals surface area contributed by atoms with E-state index in [0.717, 1.165) is 0 Å². The van der Waals surface area contributed by atoms with Gasteiger partial charge in [-0.2, -0.15) is 0 Å². The zero-order valence-corrected chi connectivity index (χ0v) is 9.75. The number of quaternary nitrogens is 1. The summed E-state index contributed by atoms with van der Waals surface area (Å²) in [4.78, 5) is 23.0. The van der Waals surface area contributed by atoms with Crippen molar-refractivity contribution in [1.82, 2.24) is 0 Å². The van der Waals surface area contributed by atoms with Gasteiger partial charge >= 0.3 is 11.9 Å². The van der Waals surface area contributed by atoms with E-state index in [-0.39, 0.29) is 15.8 Å². The molecule has 2 fully saturated rings. The van der Waals surface area contributed by atoms with Crippen LogP contribution >= 0.6 is 11.8 Å². The first kappa shape index (κ1) is 10.9. The number of hydrogen-bond acceptors (Lipinski definition) is 4. The van der Waals surface area contributed by atoms with E-state index in [9.17, 15) is 14.7 Å². The molecule has 4 atom stereocenters. The standard InChI is InChI=1S/C9H14N2O3S/c1-9(2)5(8(13)14)11(3)6(12)4(10)7(11)15-9/h4-5,7H,10H2,1-3H3/p+1. The Balaban J connectivity index is 2.45. The highest BCUT2D eigenvalue weighted by Crippen LogP contribution is 2.54. The summed E-state index contributed by atoms with van der Waals surface area (Å²) in [5.41, 5.74) is 5.70. The van der Waals surface area contributed by atoms with Crippen LogP contribution in [0.25, 0.3) is 0 Å². The number of carboxylic acid groups (broad SMARTS) is 1. The van der Waals surface area contributed by atoms with Crippen LogP contribution in [-0.4, -0.2) is 50.7 Å². The Morgan fingerprint density at radius 2 is 2.13 bits per heavy atom. The number of thioether (sulfide) groups is 1. The maximum atomic E-state index is 11.7. The van der Waals surface area contributed by atoms with Crippen molar-refractivity contribution in [3.63, 3.8) is 0 Å². The Bertz CT molecular complexity index is 357.